The molecule has 0 unspecified atom stereocenters. The largest absolute Gasteiger partial charge is 1.00 e. The summed E-state index contributed by atoms with van der Waals surface area (Å²) >= 11 is 0. The second-order valence-corrected chi connectivity index (χ2v) is 4.55. The second kappa shape index (κ2) is 6.26. The van der Waals surface area contributed by atoms with Crippen molar-refractivity contribution in [1.29, 1.82) is 0 Å². The molecule has 3 aromatic rings. The van der Waals surface area contributed by atoms with E-state index in [-0.39, 0.29) is 24.0 Å². The highest BCUT2D eigenvalue weighted by atomic mass is 127. The van der Waals surface area contributed by atoms with Crippen LogP contribution in [0.15, 0.2) is 48.8 Å². The third kappa shape index (κ3) is 2.95. The van der Waals surface area contributed by atoms with Gasteiger partial charge in [-0.1, -0.05) is 0 Å². The van der Waals surface area contributed by atoms with Gasteiger partial charge in [-0.15, -0.1) is 0 Å². The summed E-state index contributed by atoms with van der Waals surface area (Å²) < 4.78 is 7.49. The van der Waals surface area contributed by atoms with E-state index in [9.17, 15) is 0 Å². The summed E-state index contributed by atoms with van der Waals surface area (Å²) in [4.78, 5) is 4.64. The fraction of sp³-hybridized carbons (Fsp3) is 0.188. The van der Waals surface area contributed by atoms with Crippen LogP contribution in [0.1, 0.15) is 12.5 Å². The molecule has 0 radical (unpaired) electrons. The number of imidazole rings is 1. The summed E-state index contributed by atoms with van der Waals surface area (Å²) in [5.41, 5.74) is 4.28. The predicted octanol–water partition coefficient (Wildman–Crippen LogP) is 0.712. The summed E-state index contributed by atoms with van der Waals surface area (Å²) in [6.45, 7) is 4.75. The Morgan fingerprint density at radius 3 is 2.60 bits per heavy atom. The van der Waals surface area contributed by atoms with Crippen LogP contribution in [0, 0.1) is 6.92 Å². The van der Waals surface area contributed by atoms with Gasteiger partial charge in [0.05, 0.1) is 12.3 Å². The lowest BCUT2D eigenvalue weighted by molar-refractivity contribution is -0.00000456. The summed E-state index contributed by atoms with van der Waals surface area (Å²) in [7, 11) is 0. The molecule has 0 aliphatic carbocycles. The molecule has 2 heterocycles. The van der Waals surface area contributed by atoms with Crippen molar-refractivity contribution in [3.8, 4) is 17.0 Å². The number of hydrogen-bond donors (Lipinski definition) is 0. The van der Waals surface area contributed by atoms with Crippen molar-refractivity contribution in [3.63, 3.8) is 0 Å². The van der Waals surface area contributed by atoms with Crippen molar-refractivity contribution in [1.82, 2.24) is 9.38 Å². The number of fused-ring (bicyclic) bond motifs is 1. The number of aryl methyl sites for hydroxylation is 1. The average Bonchev–Trinajstić information content (AvgIpc) is 2.83. The van der Waals surface area contributed by atoms with Gasteiger partial charge in [0.15, 0.2) is 0 Å². The standard InChI is InChI=1S/C16H16N2O.HI/c1-3-19-14-6-4-13(5-7-14)15-11-18-9-8-12(2)10-16(18)17-15;/h4-11H,3H2,1-2H3;1H/p-1. The Bertz CT molecular complexity index is 704. The van der Waals surface area contributed by atoms with Crippen LogP contribution in [-0.2, 0) is 0 Å². The van der Waals surface area contributed by atoms with E-state index in [0.717, 1.165) is 22.7 Å². The van der Waals surface area contributed by atoms with Gasteiger partial charge in [0.25, 0.3) is 0 Å². The Kier molecular flexibility index (Phi) is 4.65. The molecule has 0 spiro atoms. The lowest BCUT2D eigenvalue weighted by atomic mass is 10.2. The Labute approximate surface area is 135 Å². The molecule has 0 saturated heterocycles. The van der Waals surface area contributed by atoms with E-state index in [2.05, 4.69) is 24.0 Å². The number of nitrogens with zero attached hydrogens (tertiary/aromatic N) is 2. The fourth-order valence-corrected chi connectivity index (χ4v) is 2.11. The molecule has 0 fully saturated rings. The van der Waals surface area contributed by atoms with Crippen molar-refractivity contribution >= 4 is 5.65 Å². The van der Waals surface area contributed by atoms with Crippen LogP contribution < -0.4 is 28.7 Å². The van der Waals surface area contributed by atoms with Gasteiger partial charge in [-0.25, -0.2) is 4.98 Å². The van der Waals surface area contributed by atoms with Crippen LogP contribution in [0.5, 0.6) is 5.75 Å². The maximum Gasteiger partial charge on any atom is 0.137 e. The van der Waals surface area contributed by atoms with Crippen molar-refractivity contribution in [3.05, 3.63) is 54.4 Å². The van der Waals surface area contributed by atoms with E-state index >= 15 is 0 Å². The van der Waals surface area contributed by atoms with Crippen molar-refractivity contribution in [2.45, 2.75) is 13.8 Å². The summed E-state index contributed by atoms with van der Waals surface area (Å²) in [6, 6.07) is 12.2. The first-order valence-electron chi connectivity index (χ1n) is 6.45. The lowest BCUT2D eigenvalue weighted by Crippen LogP contribution is -3.00. The Morgan fingerprint density at radius 1 is 1.15 bits per heavy atom. The third-order valence-electron chi connectivity index (χ3n) is 3.08. The monoisotopic (exact) mass is 379 g/mol. The second-order valence-electron chi connectivity index (χ2n) is 4.55. The summed E-state index contributed by atoms with van der Waals surface area (Å²) in [5, 5.41) is 0. The third-order valence-corrected chi connectivity index (χ3v) is 3.08. The van der Waals surface area contributed by atoms with E-state index in [1.165, 1.54) is 5.56 Å². The molecular formula is C16H16IN2O-. The van der Waals surface area contributed by atoms with Crippen molar-refractivity contribution < 1.29 is 28.7 Å². The van der Waals surface area contributed by atoms with Gasteiger partial charge in [0.2, 0.25) is 0 Å². The SMILES string of the molecule is CCOc1ccc(-c2cn3ccc(C)cc3n2)cc1.[I-]. The Balaban J connectivity index is 0.00000147. The Morgan fingerprint density at radius 2 is 1.90 bits per heavy atom. The van der Waals surface area contributed by atoms with E-state index in [1.807, 2.05) is 48.0 Å². The van der Waals surface area contributed by atoms with Crippen molar-refractivity contribution in [2.24, 2.45) is 0 Å². The molecule has 0 amide bonds. The molecule has 0 N–H and O–H groups in total. The van der Waals surface area contributed by atoms with Gasteiger partial charge < -0.3 is 33.1 Å². The van der Waals surface area contributed by atoms with Crippen LogP contribution in [0.4, 0.5) is 0 Å². The summed E-state index contributed by atoms with van der Waals surface area (Å²) in [6.07, 6.45) is 4.08. The van der Waals surface area contributed by atoms with E-state index < -0.39 is 0 Å². The highest BCUT2D eigenvalue weighted by Gasteiger charge is 2.04. The fourth-order valence-electron chi connectivity index (χ4n) is 2.11. The first kappa shape index (κ1) is 14.8. The molecule has 104 valence electrons. The first-order valence-corrected chi connectivity index (χ1v) is 6.45. The van der Waals surface area contributed by atoms with Gasteiger partial charge in [-0.3, -0.25) is 0 Å². The minimum Gasteiger partial charge on any atom is -1.00 e. The van der Waals surface area contributed by atoms with Crippen LogP contribution in [0.2, 0.25) is 0 Å². The number of rotatable bonds is 3. The van der Waals surface area contributed by atoms with Crippen molar-refractivity contribution in [2.75, 3.05) is 6.61 Å². The molecule has 3 nitrogen and oxygen atoms in total. The molecule has 4 heteroatoms. The van der Waals surface area contributed by atoms with Crippen LogP contribution in [0.3, 0.4) is 0 Å². The number of aromatic nitrogens is 2. The minimum absolute atomic E-state index is 0. The molecule has 0 saturated carbocycles. The normalized spacial score (nSPS) is 10.3. The lowest BCUT2D eigenvalue weighted by Gasteiger charge is -2.02. The molecule has 0 bridgehead atoms. The maximum absolute atomic E-state index is 5.45. The van der Waals surface area contributed by atoms with Crippen LogP contribution in [-0.4, -0.2) is 16.0 Å². The number of ether oxygens (including phenoxy) is 1. The molecule has 1 aromatic carbocycles. The molecule has 0 aliphatic rings. The zero-order valence-electron chi connectivity index (χ0n) is 11.5. The highest BCUT2D eigenvalue weighted by molar-refractivity contribution is 5.63. The number of pyridine rings is 1. The first-order chi connectivity index (χ1) is 9.26. The molecular weight excluding hydrogens is 363 g/mol. The number of halogens is 1. The number of hydrogen-bond acceptors (Lipinski definition) is 2. The minimum atomic E-state index is 0. The van der Waals surface area contributed by atoms with Gasteiger partial charge in [0, 0.05) is 18.0 Å². The van der Waals surface area contributed by atoms with E-state index in [1.54, 1.807) is 0 Å². The molecule has 20 heavy (non-hydrogen) atoms. The Hall–Kier alpha value is -1.56. The van der Waals surface area contributed by atoms with Gasteiger partial charge in [0.1, 0.15) is 11.4 Å². The van der Waals surface area contributed by atoms with Crippen LogP contribution in [0.25, 0.3) is 16.9 Å². The van der Waals surface area contributed by atoms with E-state index in [4.69, 9.17) is 4.74 Å². The molecule has 2 aromatic heterocycles. The van der Waals surface area contributed by atoms with Gasteiger partial charge in [-0.2, -0.15) is 0 Å². The number of benzene rings is 1. The highest BCUT2D eigenvalue weighted by Crippen LogP contribution is 2.22. The quantitative estimate of drug-likeness (QED) is 0.627. The molecule has 0 atom stereocenters. The summed E-state index contributed by atoms with van der Waals surface area (Å²) in [5.74, 6) is 0.894. The van der Waals surface area contributed by atoms with Crippen LogP contribution >= 0.6 is 0 Å². The molecule has 0 aliphatic heterocycles. The van der Waals surface area contributed by atoms with E-state index in [0.29, 0.717) is 6.61 Å². The maximum atomic E-state index is 5.45. The smallest absolute Gasteiger partial charge is 0.137 e. The molecule has 3 rings (SSSR count). The average molecular weight is 379 g/mol. The topological polar surface area (TPSA) is 26.5 Å². The zero-order valence-corrected chi connectivity index (χ0v) is 13.7. The van der Waals surface area contributed by atoms with Gasteiger partial charge >= 0.3 is 0 Å². The predicted molar refractivity (Wildman–Crippen MR) is 76.5 cm³/mol. The zero-order chi connectivity index (χ0) is 13.2. The van der Waals surface area contributed by atoms with Gasteiger partial charge in [-0.05, 0) is 55.8 Å².